The van der Waals surface area contributed by atoms with Gasteiger partial charge in [-0.25, -0.2) is 9.59 Å². The molecule has 7 atom stereocenters. The lowest BCUT2D eigenvalue weighted by molar-refractivity contribution is -0.148. The van der Waals surface area contributed by atoms with Crippen LogP contribution >= 0.6 is 11.6 Å². The van der Waals surface area contributed by atoms with E-state index in [0.29, 0.717) is 17.9 Å². The molecule has 12 heteroatoms. The van der Waals surface area contributed by atoms with Crippen molar-refractivity contribution in [3.8, 4) is 5.75 Å². The number of alkyl carbamates (subject to hydrolysis) is 1. The lowest BCUT2D eigenvalue weighted by Gasteiger charge is -2.42. The van der Waals surface area contributed by atoms with Crippen LogP contribution in [0.3, 0.4) is 0 Å². The van der Waals surface area contributed by atoms with Crippen LogP contribution < -0.4 is 15.0 Å². The second-order valence-electron chi connectivity index (χ2n) is 11.7. The Labute approximate surface area is 262 Å². The summed E-state index contributed by atoms with van der Waals surface area (Å²) < 4.78 is 28.6. The molecule has 3 aliphatic rings. The summed E-state index contributed by atoms with van der Waals surface area (Å²) in [5.41, 5.74) is -0.634. The molecule has 44 heavy (non-hydrogen) atoms. The quantitative estimate of drug-likeness (QED) is 0.284. The van der Waals surface area contributed by atoms with Gasteiger partial charge < -0.3 is 33.7 Å². The minimum Gasteiger partial charge on any atom is -0.495 e. The van der Waals surface area contributed by atoms with Crippen molar-refractivity contribution in [2.75, 3.05) is 26.2 Å². The van der Waals surface area contributed by atoms with E-state index in [0.717, 1.165) is 11.1 Å². The number of epoxide rings is 1. The molecule has 2 saturated heterocycles. The second kappa shape index (κ2) is 13.3. The van der Waals surface area contributed by atoms with E-state index < -0.39 is 53.7 Å². The third-order valence-corrected chi connectivity index (χ3v) is 8.89. The molecule has 2 N–H and O–H groups in total. The van der Waals surface area contributed by atoms with E-state index in [1.807, 2.05) is 26.0 Å². The van der Waals surface area contributed by atoms with E-state index in [1.165, 1.54) is 25.2 Å². The highest BCUT2D eigenvalue weighted by Gasteiger charge is 2.64. The number of halogens is 1. The van der Waals surface area contributed by atoms with E-state index >= 15 is 0 Å². The summed E-state index contributed by atoms with van der Waals surface area (Å²) in [7, 11) is 4.54. The molecule has 2 amide bonds. The van der Waals surface area contributed by atoms with Gasteiger partial charge in [0.1, 0.15) is 34.7 Å². The van der Waals surface area contributed by atoms with Gasteiger partial charge in [-0.15, -0.1) is 0 Å². The molecule has 4 bridgehead atoms. The maximum absolute atomic E-state index is 13.8. The number of carbonyl (C=O) groups is 3. The number of anilines is 1. The van der Waals surface area contributed by atoms with Gasteiger partial charge in [0.2, 0.25) is 5.91 Å². The van der Waals surface area contributed by atoms with Gasteiger partial charge in [0.25, 0.3) is 0 Å². The molecule has 11 nitrogen and oxygen atoms in total. The Morgan fingerprint density at radius 3 is 2.66 bits per heavy atom. The molecule has 3 aliphatic heterocycles. The first-order valence-corrected chi connectivity index (χ1v) is 14.9. The molecule has 0 radical (unpaired) electrons. The van der Waals surface area contributed by atoms with Gasteiger partial charge >= 0.3 is 12.1 Å². The first kappa shape index (κ1) is 33.5. The number of esters is 1. The number of methoxy groups -OCH3 is 2. The molecule has 4 rings (SSSR count). The van der Waals surface area contributed by atoms with Crippen molar-refractivity contribution in [3.05, 3.63) is 58.7 Å². The second-order valence-corrected chi connectivity index (χ2v) is 12.1. The standard InChI is InChI=1S/C32H41ClN2O9/c1-8-10-27(37)43-25-16-26(36)35(5)21-14-20(15-22(40-6)28(21)33)13-18(2)11-9-12-24(41-7)32(39)17-23(42-30(38)34-32)19(3)29-31(25,4)44-29/h8-12,14-15,19,23-25,29,39H,13,16-17H2,1-7H3,(H,34,38)/b10-8+,12-9+,18-11+/t19-,23+,24-,25+,29+,31+,32+/m1/s1. The van der Waals surface area contributed by atoms with Gasteiger partial charge in [-0.3, -0.25) is 10.1 Å². The van der Waals surface area contributed by atoms with Crippen LogP contribution in [0.15, 0.2) is 48.1 Å². The number of fused-ring (bicyclic) bond motifs is 5. The minimum absolute atomic E-state index is 0.00376. The number of nitrogens with zero attached hydrogens (tertiary/aromatic N) is 1. The molecule has 0 aromatic heterocycles. The highest BCUT2D eigenvalue weighted by Crippen LogP contribution is 2.49. The lowest BCUT2D eigenvalue weighted by atomic mass is 9.83. The fraction of sp³-hybridized carbons (Fsp3) is 0.531. The fourth-order valence-electron chi connectivity index (χ4n) is 5.92. The summed E-state index contributed by atoms with van der Waals surface area (Å²) in [4.78, 5) is 40.5. The molecule has 0 spiro atoms. The van der Waals surface area contributed by atoms with Crippen LogP contribution in [0.5, 0.6) is 5.75 Å². The molecule has 240 valence electrons. The summed E-state index contributed by atoms with van der Waals surface area (Å²) in [5.74, 6) is -1.04. The monoisotopic (exact) mass is 632 g/mol. The molecule has 3 heterocycles. The third kappa shape index (κ3) is 6.96. The Morgan fingerprint density at radius 2 is 2.00 bits per heavy atom. The average Bonchev–Trinajstić information content (AvgIpc) is 3.66. The molecule has 0 unspecified atom stereocenters. The van der Waals surface area contributed by atoms with Crippen molar-refractivity contribution in [1.82, 2.24) is 5.32 Å². The van der Waals surface area contributed by atoms with Crippen LogP contribution in [0.4, 0.5) is 10.5 Å². The zero-order chi connectivity index (χ0) is 32.4. The van der Waals surface area contributed by atoms with Crippen LogP contribution in [0.2, 0.25) is 5.02 Å². The molecule has 0 saturated carbocycles. The Balaban J connectivity index is 1.80. The number of ether oxygens (including phenoxy) is 5. The minimum atomic E-state index is -1.77. The summed E-state index contributed by atoms with van der Waals surface area (Å²) >= 11 is 6.67. The van der Waals surface area contributed by atoms with Crippen LogP contribution in [-0.4, -0.2) is 80.1 Å². The average molecular weight is 633 g/mol. The molecule has 0 aliphatic carbocycles. The first-order valence-electron chi connectivity index (χ1n) is 14.5. The number of aliphatic hydroxyl groups is 1. The summed E-state index contributed by atoms with van der Waals surface area (Å²) in [6, 6.07) is 3.62. The summed E-state index contributed by atoms with van der Waals surface area (Å²) in [6.07, 6.45) is 4.34. The Kier molecular flexibility index (Phi) is 10.1. The highest BCUT2D eigenvalue weighted by molar-refractivity contribution is 6.35. The number of nitrogens with one attached hydrogen (secondary N) is 1. The van der Waals surface area contributed by atoms with E-state index in [2.05, 4.69) is 5.32 Å². The highest BCUT2D eigenvalue weighted by atomic mass is 35.5. The number of hydrogen-bond acceptors (Lipinski definition) is 9. The van der Waals surface area contributed by atoms with E-state index in [9.17, 15) is 19.5 Å². The lowest BCUT2D eigenvalue weighted by Crippen LogP contribution is -2.63. The maximum Gasteiger partial charge on any atom is 0.409 e. The fourth-order valence-corrected chi connectivity index (χ4v) is 6.23. The number of rotatable bonds is 4. The van der Waals surface area contributed by atoms with Crippen molar-refractivity contribution in [2.24, 2.45) is 5.92 Å². The number of hydrogen-bond donors (Lipinski definition) is 2. The third-order valence-electron chi connectivity index (χ3n) is 8.51. The van der Waals surface area contributed by atoms with Crippen molar-refractivity contribution < 1.29 is 43.2 Å². The van der Waals surface area contributed by atoms with Crippen LogP contribution in [0.1, 0.15) is 46.1 Å². The maximum atomic E-state index is 13.8. The number of carbonyl (C=O) groups excluding carboxylic acids is 3. The first-order chi connectivity index (χ1) is 20.8. The van der Waals surface area contributed by atoms with Gasteiger partial charge in [0, 0.05) is 32.6 Å². The predicted octanol–water partition coefficient (Wildman–Crippen LogP) is 4.24. The van der Waals surface area contributed by atoms with Gasteiger partial charge in [0.15, 0.2) is 5.72 Å². The summed E-state index contributed by atoms with van der Waals surface area (Å²) in [6.45, 7) is 7.19. The Hall–Kier alpha value is -3.38. The molecule has 1 aromatic rings. The largest absolute Gasteiger partial charge is 0.495 e. The number of allylic oxidation sites excluding steroid dienone is 4. The van der Waals surface area contributed by atoms with Crippen molar-refractivity contribution >= 4 is 35.3 Å². The zero-order valence-electron chi connectivity index (χ0n) is 26.1. The smallest absolute Gasteiger partial charge is 0.409 e. The molecule has 2 fully saturated rings. The summed E-state index contributed by atoms with van der Waals surface area (Å²) in [5, 5.41) is 14.3. The molecule has 1 aromatic carbocycles. The SMILES string of the molecule is C/C=C/C(=O)O[C@H]1CC(=O)N(C)c2cc(cc(OC)c2Cl)C/C(C)=C/C=C/[C@@H](OC)[C@@]2(O)C[C@H](OC(=O)N2)[C@@H](C)[C@@H]2O[C@@]12C. The predicted molar refractivity (Wildman–Crippen MR) is 164 cm³/mol. The van der Waals surface area contributed by atoms with Gasteiger partial charge in [-0.1, -0.05) is 48.4 Å². The van der Waals surface area contributed by atoms with Crippen LogP contribution in [-0.2, 0) is 35.0 Å². The van der Waals surface area contributed by atoms with Gasteiger partial charge in [-0.05, 0) is 44.9 Å². The van der Waals surface area contributed by atoms with Crippen molar-refractivity contribution in [2.45, 2.75) is 82.7 Å². The van der Waals surface area contributed by atoms with E-state index in [-0.39, 0.29) is 23.8 Å². The van der Waals surface area contributed by atoms with Crippen LogP contribution in [0.25, 0.3) is 0 Å². The molecular weight excluding hydrogens is 592 g/mol. The van der Waals surface area contributed by atoms with E-state index in [4.69, 9.17) is 35.3 Å². The topological polar surface area (TPSA) is 136 Å². The van der Waals surface area contributed by atoms with Crippen molar-refractivity contribution in [1.29, 1.82) is 0 Å². The van der Waals surface area contributed by atoms with Crippen molar-refractivity contribution in [3.63, 3.8) is 0 Å². The van der Waals surface area contributed by atoms with Gasteiger partial charge in [0.05, 0.1) is 25.3 Å². The molecular formula is C32H41ClN2O9. The van der Waals surface area contributed by atoms with Gasteiger partial charge in [-0.2, -0.15) is 0 Å². The normalized spacial score (nSPS) is 34.7. The zero-order valence-corrected chi connectivity index (χ0v) is 26.8. The Morgan fingerprint density at radius 1 is 1.27 bits per heavy atom. The number of amides is 2. The number of benzene rings is 1. The van der Waals surface area contributed by atoms with Crippen LogP contribution in [0, 0.1) is 5.92 Å². The Bertz CT molecular complexity index is 1380. The van der Waals surface area contributed by atoms with E-state index in [1.54, 1.807) is 45.2 Å².